The van der Waals surface area contributed by atoms with Crippen LogP contribution in [0.25, 0.3) is 11.0 Å². The summed E-state index contributed by atoms with van der Waals surface area (Å²) >= 11 is 0. The third-order valence-corrected chi connectivity index (χ3v) is 4.35. The minimum atomic E-state index is -0.710. The first-order chi connectivity index (χ1) is 15.6. The number of carbonyl (C=O) groups excluding carboxylic acids is 2. The largest absolute Gasteiger partial charge is 1.00 e. The molecule has 1 heterocycles. The third-order valence-electron chi connectivity index (χ3n) is 4.35. The maximum absolute atomic E-state index is 12.8. The van der Waals surface area contributed by atoms with Gasteiger partial charge in [0.1, 0.15) is 23.1 Å². The molecule has 0 spiro atoms. The number of anilines is 1. The molecule has 11 nitrogen and oxygen atoms in total. The predicted octanol–water partition coefficient (Wildman–Crippen LogP) is -0.698. The number of amides is 2. The first-order valence-electron chi connectivity index (χ1n) is 9.68. The van der Waals surface area contributed by atoms with Crippen molar-refractivity contribution < 1.29 is 36.0 Å². The van der Waals surface area contributed by atoms with Gasteiger partial charge in [-0.1, -0.05) is 0 Å². The van der Waals surface area contributed by atoms with Gasteiger partial charge in [0.05, 0.1) is 37.8 Å². The van der Waals surface area contributed by atoms with E-state index in [1.807, 2.05) is 27.2 Å². The summed E-state index contributed by atoms with van der Waals surface area (Å²) in [5.41, 5.74) is 2.85. The molecule has 2 amide bonds. The summed E-state index contributed by atoms with van der Waals surface area (Å²) in [6, 6.07) is 11.4. The molecule has 3 rings (SSSR count). The molecule has 0 aliphatic heterocycles. The Kier molecular flexibility index (Phi) is 8.07. The van der Waals surface area contributed by atoms with Crippen LogP contribution in [0.2, 0.25) is 0 Å². The summed E-state index contributed by atoms with van der Waals surface area (Å²) < 4.78 is 6.02. The summed E-state index contributed by atoms with van der Waals surface area (Å²) in [6.07, 6.45) is 0. The van der Waals surface area contributed by atoms with Crippen LogP contribution in [0.5, 0.6) is 5.75 Å². The molecule has 0 aliphatic carbocycles. The van der Waals surface area contributed by atoms with Gasteiger partial charge in [0.15, 0.2) is 12.3 Å². The highest BCUT2D eigenvalue weighted by molar-refractivity contribution is 6.03. The number of fused-ring (bicyclic) bond motifs is 1. The van der Waals surface area contributed by atoms with Crippen LogP contribution in [0.15, 0.2) is 57.2 Å². The number of halogens is 1. The van der Waals surface area contributed by atoms with E-state index in [0.29, 0.717) is 9.87 Å². The number of hydrogen-bond acceptors (Lipinski definition) is 8. The minimum Gasteiger partial charge on any atom is -1.00 e. The van der Waals surface area contributed by atoms with Gasteiger partial charge in [0.25, 0.3) is 11.8 Å². The molecule has 0 radical (unpaired) electrons. The van der Waals surface area contributed by atoms with Crippen LogP contribution < -0.4 is 28.5 Å². The van der Waals surface area contributed by atoms with Gasteiger partial charge in [-0.15, -0.1) is 4.91 Å². The Balaban J connectivity index is 0.00000408. The number of likely N-dealkylation sites (N-methyl/N-ethyl adjacent to an activating group) is 1. The molecule has 0 saturated carbocycles. The van der Waals surface area contributed by atoms with Crippen LogP contribution in [-0.4, -0.2) is 49.1 Å². The fraction of sp³-hybridized carbons (Fsp3) is 0.182. The van der Waals surface area contributed by atoms with Gasteiger partial charge >= 0.3 is 0 Å². The van der Waals surface area contributed by atoms with Crippen molar-refractivity contribution in [1.29, 1.82) is 5.26 Å². The zero-order valence-electron chi connectivity index (χ0n) is 18.5. The van der Waals surface area contributed by atoms with E-state index >= 15 is 0 Å². The average Bonchev–Trinajstić information content (AvgIpc) is 2.76. The topological polar surface area (TPSA) is 157 Å². The molecule has 0 atom stereocenters. The highest BCUT2D eigenvalue weighted by atomic mass is 35.5. The lowest BCUT2D eigenvalue weighted by molar-refractivity contribution is -0.862. The molecule has 3 N–H and O–H groups in total. The van der Waals surface area contributed by atoms with Crippen LogP contribution in [0.4, 0.5) is 11.4 Å². The quantitative estimate of drug-likeness (QED) is 0.238. The smallest absolute Gasteiger partial charge is 0.295 e. The number of carbonyl (C=O) groups is 2. The van der Waals surface area contributed by atoms with Crippen molar-refractivity contribution in [2.45, 2.75) is 0 Å². The van der Waals surface area contributed by atoms with Crippen molar-refractivity contribution in [2.24, 2.45) is 10.3 Å². The molecule has 176 valence electrons. The molecule has 0 unspecified atom stereocenters. The number of aromatic hydroxyl groups is 1. The molecule has 1 aromatic heterocycles. The summed E-state index contributed by atoms with van der Waals surface area (Å²) in [5.74, 6) is -1.32. The second-order valence-corrected chi connectivity index (χ2v) is 8.16. The number of nitriles is 1. The Hall–Kier alpha value is -4.27. The van der Waals surface area contributed by atoms with Crippen LogP contribution in [0.3, 0.4) is 0 Å². The number of nitrogens with one attached hydrogen (secondary N) is 2. The molecular weight excluding hydrogens is 464 g/mol. The zero-order valence-corrected chi connectivity index (χ0v) is 19.3. The Bertz CT molecular complexity index is 1370. The molecular formula is C22H21ClN6O5. The van der Waals surface area contributed by atoms with Crippen molar-refractivity contribution in [1.82, 2.24) is 5.43 Å². The lowest BCUT2D eigenvalue weighted by Crippen LogP contribution is -3.00. The normalized spacial score (nSPS) is 11.3. The lowest BCUT2D eigenvalue weighted by atomic mass is 10.1. The number of benzene rings is 2. The van der Waals surface area contributed by atoms with Crippen LogP contribution in [0.1, 0.15) is 16.1 Å². The van der Waals surface area contributed by atoms with Crippen LogP contribution >= 0.6 is 0 Å². The van der Waals surface area contributed by atoms with E-state index in [-0.39, 0.29) is 64.2 Å². The Morgan fingerprint density at radius 3 is 2.53 bits per heavy atom. The first-order valence-corrected chi connectivity index (χ1v) is 9.68. The van der Waals surface area contributed by atoms with E-state index in [1.165, 1.54) is 36.4 Å². The number of rotatable bonds is 6. The van der Waals surface area contributed by atoms with Gasteiger partial charge in [-0.2, -0.15) is 10.4 Å². The molecule has 0 bridgehead atoms. The maximum atomic E-state index is 12.8. The first kappa shape index (κ1) is 26.0. The number of nitroso groups, excluding NO2 is 1. The molecule has 34 heavy (non-hydrogen) atoms. The summed E-state index contributed by atoms with van der Waals surface area (Å²) in [7, 11) is 5.57. The maximum Gasteiger partial charge on any atom is 0.295 e. The van der Waals surface area contributed by atoms with E-state index in [0.717, 1.165) is 0 Å². The van der Waals surface area contributed by atoms with E-state index in [2.05, 4.69) is 21.0 Å². The molecule has 0 fully saturated rings. The van der Waals surface area contributed by atoms with E-state index in [9.17, 15) is 24.9 Å². The Labute approximate surface area is 200 Å². The second kappa shape index (κ2) is 10.6. The van der Waals surface area contributed by atoms with Crippen molar-refractivity contribution in [2.75, 3.05) is 33.0 Å². The summed E-state index contributed by atoms with van der Waals surface area (Å²) in [4.78, 5) is 35.7. The van der Waals surface area contributed by atoms with Gasteiger partial charge in [0, 0.05) is 17.5 Å². The number of nitrogens with zero attached hydrogens (tertiary/aromatic N) is 4. The van der Waals surface area contributed by atoms with Crippen LogP contribution in [-0.2, 0) is 4.79 Å². The monoisotopic (exact) mass is 484 g/mol. The number of phenols is 1. The SMILES string of the molecule is C[N+](C)(C)CC(=O)NN=c1cc(C(=O)Nc2ccc(N=O)cc2C#N)oc2cc(O)ccc12.[Cl-]. The lowest BCUT2D eigenvalue weighted by Gasteiger charge is -2.22. The third kappa shape index (κ3) is 6.38. The molecule has 0 aliphatic rings. The molecule has 3 aromatic rings. The van der Waals surface area contributed by atoms with Crippen molar-refractivity contribution >= 4 is 34.2 Å². The number of hydrogen-bond donors (Lipinski definition) is 3. The Morgan fingerprint density at radius 2 is 1.88 bits per heavy atom. The number of quaternary nitrogens is 1. The van der Waals surface area contributed by atoms with Crippen LogP contribution in [0, 0.1) is 16.2 Å². The fourth-order valence-electron chi connectivity index (χ4n) is 2.92. The zero-order chi connectivity index (χ0) is 24.2. The van der Waals surface area contributed by atoms with Gasteiger partial charge in [0.2, 0.25) is 0 Å². The van der Waals surface area contributed by atoms with E-state index < -0.39 is 5.91 Å². The fourth-order valence-corrected chi connectivity index (χ4v) is 2.92. The highest BCUT2D eigenvalue weighted by Crippen LogP contribution is 2.23. The van der Waals surface area contributed by atoms with Gasteiger partial charge < -0.3 is 31.7 Å². The highest BCUT2D eigenvalue weighted by Gasteiger charge is 2.16. The van der Waals surface area contributed by atoms with E-state index in [1.54, 1.807) is 6.07 Å². The minimum absolute atomic E-state index is 0. The average molecular weight is 485 g/mol. The van der Waals surface area contributed by atoms with E-state index in [4.69, 9.17) is 4.42 Å². The predicted molar refractivity (Wildman–Crippen MR) is 119 cm³/mol. The number of phenolic OH excluding ortho intramolecular Hbond substituents is 1. The molecule has 2 aromatic carbocycles. The summed E-state index contributed by atoms with van der Waals surface area (Å²) in [5, 5.41) is 29.2. The molecule has 0 saturated heterocycles. The van der Waals surface area contributed by atoms with Crippen molar-refractivity contribution in [3.05, 3.63) is 64.1 Å². The van der Waals surface area contributed by atoms with Crippen molar-refractivity contribution in [3.8, 4) is 11.8 Å². The summed E-state index contributed by atoms with van der Waals surface area (Å²) in [6.45, 7) is 0.176. The second-order valence-electron chi connectivity index (χ2n) is 8.16. The Morgan fingerprint density at radius 1 is 1.15 bits per heavy atom. The molecule has 12 heteroatoms. The van der Waals surface area contributed by atoms with Crippen molar-refractivity contribution in [3.63, 3.8) is 0 Å². The standard InChI is InChI=1S/C22H20N6O5.ClH/c1-28(2,3)12-21(30)26-25-18-10-20(33-19-9-15(29)5-6-16(18)19)22(31)24-17-7-4-14(27-32)8-13(17)11-23;/h4-10H,12H2,1-3H3,(H2-,24,25,26,27,29,30,31,32);1H. The van der Waals surface area contributed by atoms with Gasteiger partial charge in [-0.3, -0.25) is 9.59 Å². The van der Waals surface area contributed by atoms with Gasteiger partial charge in [-0.25, -0.2) is 5.43 Å². The van der Waals surface area contributed by atoms with Gasteiger partial charge in [-0.05, 0) is 35.5 Å².